The number of halogens is 4. The van der Waals surface area contributed by atoms with Crippen LogP contribution in [0.4, 0.5) is 23.2 Å². The molecule has 2 amide bonds. The van der Waals surface area contributed by atoms with Gasteiger partial charge in [0.15, 0.2) is 5.75 Å². The summed E-state index contributed by atoms with van der Waals surface area (Å²) in [7, 11) is 0. The molecule has 2 bridgehead atoms. The van der Waals surface area contributed by atoms with Gasteiger partial charge >= 0.3 is 6.36 Å². The van der Waals surface area contributed by atoms with Gasteiger partial charge in [-0.2, -0.15) is 0 Å². The molecule has 5 rings (SSSR count). The molecule has 2 fully saturated rings. The quantitative estimate of drug-likeness (QED) is 0.406. The fraction of sp³-hybridized carbons (Fsp3) is 0.321. The molecular weight excluding hydrogens is 532 g/mol. The zero-order chi connectivity index (χ0) is 28.6. The highest BCUT2D eigenvalue weighted by atomic mass is 19.4. The molecule has 3 aromatic rings. The van der Waals surface area contributed by atoms with Gasteiger partial charge in [-0.25, -0.2) is 9.37 Å². The van der Waals surface area contributed by atoms with Crippen molar-refractivity contribution in [3.8, 4) is 28.3 Å². The maximum atomic E-state index is 13.8. The maximum Gasteiger partial charge on any atom is 0.573 e. The topological polar surface area (TPSA) is 107 Å². The summed E-state index contributed by atoms with van der Waals surface area (Å²) in [6.07, 6.45) is -3.20. The lowest BCUT2D eigenvalue weighted by Gasteiger charge is -2.35. The molecule has 3 N–H and O–H groups in total. The SMILES string of the molecule is CC(C(=O)Nc1cc(-c2nc(-c3cccc(F)c3)ccc2C(N)=O)ccc1OC(F)(F)F)N1CC2CCC(C1)O2. The standard InChI is InChI=1S/C28H26F4N4O4/c1-15(36-13-19-6-7-20(14-36)39-19)27(38)35-23-12-17(5-10-24(23)40-28(30,31)32)25-21(26(33)37)8-9-22(34-25)16-3-2-4-18(29)11-16/h2-5,8-12,15,19-20H,6-7,13-14H2,1H3,(H2,33,37)(H,35,38). The minimum atomic E-state index is -5.02. The number of amides is 2. The summed E-state index contributed by atoms with van der Waals surface area (Å²) in [6, 6.07) is 11.4. The van der Waals surface area contributed by atoms with Gasteiger partial charge in [0.25, 0.3) is 5.91 Å². The summed E-state index contributed by atoms with van der Waals surface area (Å²) in [5.74, 6) is -2.51. The van der Waals surface area contributed by atoms with Crippen molar-refractivity contribution >= 4 is 17.5 Å². The average molecular weight is 559 g/mol. The van der Waals surface area contributed by atoms with E-state index in [1.807, 2.05) is 4.90 Å². The monoisotopic (exact) mass is 558 g/mol. The van der Waals surface area contributed by atoms with Crippen LogP contribution in [0, 0.1) is 5.82 Å². The molecule has 3 unspecified atom stereocenters. The van der Waals surface area contributed by atoms with Crippen molar-refractivity contribution in [3.05, 3.63) is 66.0 Å². The number of nitrogens with zero attached hydrogens (tertiary/aromatic N) is 2. The summed E-state index contributed by atoms with van der Waals surface area (Å²) in [4.78, 5) is 31.8. The summed E-state index contributed by atoms with van der Waals surface area (Å²) in [5.41, 5.74) is 6.21. The molecule has 0 saturated carbocycles. The first-order valence-corrected chi connectivity index (χ1v) is 12.6. The first-order valence-electron chi connectivity index (χ1n) is 12.6. The number of nitrogens with one attached hydrogen (secondary N) is 1. The van der Waals surface area contributed by atoms with Crippen molar-refractivity contribution < 1.29 is 36.6 Å². The van der Waals surface area contributed by atoms with Gasteiger partial charge in [-0.1, -0.05) is 12.1 Å². The molecule has 0 radical (unpaired) electrons. The van der Waals surface area contributed by atoms with E-state index in [4.69, 9.17) is 10.5 Å². The van der Waals surface area contributed by atoms with E-state index in [9.17, 15) is 27.2 Å². The van der Waals surface area contributed by atoms with E-state index in [2.05, 4.69) is 15.0 Å². The van der Waals surface area contributed by atoms with Gasteiger partial charge < -0.3 is 20.5 Å². The number of rotatable bonds is 7. The Morgan fingerprint density at radius 1 is 1.07 bits per heavy atom. The Morgan fingerprint density at radius 3 is 2.45 bits per heavy atom. The highest BCUT2D eigenvalue weighted by Gasteiger charge is 2.38. The summed E-state index contributed by atoms with van der Waals surface area (Å²) >= 11 is 0. The lowest BCUT2D eigenvalue weighted by Crippen LogP contribution is -2.51. The third-order valence-electron chi connectivity index (χ3n) is 7.02. The molecule has 8 nitrogen and oxygen atoms in total. The molecular formula is C28H26F4N4O4. The van der Waals surface area contributed by atoms with Crippen LogP contribution in [-0.4, -0.2) is 59.4 Å². The Labute approximate surface area is 227 Å². The molecule has 40 heavy (non-hydrogen) atoms. The number of primary amides is 1. The fourth-order valence-electron chi connectivity index (χ4n) is 5.04. The van der Waals surface area contributed by atoms with Crippen molar-refractivity contribution in [2.75, 3.05) is 18.4 Å². The largest absolute Gasteiger partial charge is 0.573 e. The first-order chi connectivity index (χ1) is 19.0. The van der Waals surface area contributed by atoms with E-state index in [0.29, 0.717) is 24.3 Å². The van der Waals surface area contributed by atoms with Crippen LogP contribution in [0.25, 0.3) is 22.5 Å². The number of fused-ring (bicyclic) bond motifs is 2. The number of ether oxygens (including phenoxy) is 2. The second-order valence-corrected chi connectivity index (χ2v) is 9.80. The maximum absolute atomic E-state index is 13.8. The average Bonchev–Trinajstić information content (AvgIpc) is 3.25. The number of carbonyl (C=O) groups is 2. The fourth-order valence-corrected chi connectivity index (χ4v) is 5.04. The van der Waals surface area contributed by atoms with Gasteiger partial charge in [0.1, 0.15) is 5.82 Å². The van der Waals surface area contributed by atoms with Crippen LogP contribution < -0.4 is 15.8 Å². The molecule has 210 valence electrons. The number of morpholine rings is 1. The number of alkyl halides is 3. The molecule has 3 heterocycles. The molecule has 3 atom stereocenters. The Kier molecular flexibility index (Phi) is 7.47. The van der Waals surface area contributed by atoms with Gasteiger partial charge in [0.2, 0.25) is 5.91 Å². The number of hydrogen-bond acceptors (Lipinski definition) is 6. The second kappa shape index (κ2) is 10.9. The van der Waals surface area contributed by atoms with Gasteiger partial charge in [0.05, 0.1) is 40.9 Å². The van der Waals surface area contributed by atoms with Crippen molar-refractivity contribution in [3.63, 3.8) is 0 Å². The smallest absolute Gasteiger partial charge is 0.404 e. The predicted molar refractivity (Wildman–Crippen MR) is 138 cm³/mol. The van der Waals surface area contributed by atoms with E-state index in [0.717, 1.165) is 18.9 Å². The molecule has 2 aliphatic rings. The van der Waals surface area contributed by atoms with Crippen molar-refractivity contribution in [1.29, 1.82) is 0 Å². The predicted octanol–water partition coefficient (Wildman–Crippen LogP) is 4.74. The van der Waals surface area contributed by atoms with Gasteiger partial charge in [-0.05, 0) is 62.2 Å². The Hall–Kier alpha value is -4.03. The molecule has 2 aliphatic heterocycles. The van der Waals surface area contributed by atoms with Crippen LogP contribution in [0.3, 0.4) is 0 Å². The van der Waals surface area contributed by atoms with E-state index in [1.54, 1.807) is 13.0 Å². The lowest BCUT2D eigenvalue weighted by molar-refractivity contribution is -0.274. The number of likely N-dealkylation sites (tertiary alicyclic amines) is 1. The number of nitrogens with two attached hydrogens (primary N) is 1. The van der Waals surface area contributed by atoms with Crippen molar-refractivity contribution in [1.82, 2.24) is 9.88 Å². The second-order valence-electron chi connectivity index (χ2n) is 9.80. The van der Waals surface area contributed by atoms with Crippen LogP contribution >= 0.6 is 0 Å². The van der Waals surface area contributed by atoms with E-state index in [-0.39, 0.29) is 34.7 Å². The Morgan fingerprint density at radius 2 is 1.80 bits per heavy atom. The third kappa shape index (κ3) is 6.07. The number of carbonyl (C=O) groups excluding carboxylic acids is 2. The van der Waals surface area contributed by atoms with Gasteiger partial charge in [-0.15, -0.1) is 13.2 Å². The highest BCUT2D eigenvalue weighted by Crippen LogP contribution is 2.36. The summed E-state index contributed by atoms with van der Waals surface area (Å²) in [5, 5.41) is 2.55. The number of anilines is 1. The van der Waals surface area contributed by atoms with Crippen LogP contribution in [0.5, 0.6) is 5.75 Å². The molecule has 2 aromatic carbocycles. The van der Waals surface area contributed by atoms with Crippen molar-refractivity contribution in [2.45, 2.75) is 44.4 Å². The van der Waals surface area contributed by atoms with E-state index in [1.165, 1.54) is 42.5 Å². The Bertz CT molecular complexity index is 1440. The number of aromatic nitrogens is 1. The van der Waals surface area contributed by atoms with Gasteiger partial charge in [-0.3, -0.25) is 14.5 Å². The van der Waals surface area contributed by atoms with Crippen LogP contribution in [0.2, 0.25) is 0 Å². The summed E-state index contributed by atoms with van der Waals surface area (Å²) in [6.45, 7) is 2.75. The van der Waals surface area contributed by atoms with E-state index < -0.39 is 35.8 Å². The molecule has 1 aromatic heterocycles. The lowest BCUT2D eigenvalue weighted by atomic mass is 10.0. The van der Waals surface area contributed by atoms with E-state index >= 15 is 0 Å². The number of hydrogen-bond donors (Lipinski definition) is 2. The van der Waals surface area contributed by atoms with Crippen LogP contribution in [0.15, 0.2) is 54.6 Å². The highest BCUT2D eigenvalue weighted by molar-refractivity contribution is 6.00. The number of benzene rings is 2. The van der Waals surface area contributed by atoms with Crippen molar-refractivity contribution in [2.24, 2.45) is 5.73 Å². The molecule has 0 spiro atoms. The minimum absolute atomic E-state index is 0.0147. The summed E-state index contributed by atoms with van der Waals surface area (Å²) < 4.78 is 63.4. The van der Waals surface area contributed by atoms with Gasteiger partial charge in [0, 0.05) is 24.2 Å². The zero-order valence-corrected chi connectivity index (χ0v) is 21.4. The minimum Gasteiger partial charge on any atom is -0.404 e. The zero-order valence-electron chi connectivity index (χ0n) is 21.4. The molecule has 12 heteroatoms. The van der Waals surface area contributed by atoms with Crippen LogP contribution in [0.1, 0.15) is 30.1 Å². The molecule has 2 saturated heterocycles. The normalized spacial score (nSPS) is 19.7. The Balaban J connectivity index is 1.51. The molecule has 0 aliphatic carbocycles. The van der Waals surface area contributed by atoms with Crippen LogP contribution in [-0.2, 0) is 9.53 Å². The third-order valence-corrected chi connectivity index (χ3v) is 7.02. The number of pyridine rings is 1. The first kappa shape index (κ1) is 27.5.